The lowest BCUT2D eigenvalue weighted by atomic mass is 9.79. The van der Waals surface area contributed by atoms with E-state index in [1.165, 1.54) is 20.3 Å². The quantitative estimate of drug-likeness (QED) is 0.188. The Morgan fingerprint density at radius 3 is 2.25 bits per heavy atom. The third-order valence-electron chi connectivity index (χ3n) is 12.3. The molecule has 15 heteroatoms. The normalized spacial score (nSPS) is 46.4. The highest BCUT2D eigenvalue weighted by atomic mass is 16.7. The molecule has 4 rings (SSSR count). The second-order valence-electron chi connectivity index (χ2n) is 16.3. The smallest absolute Gasteiger partial charge is 0.308 e. The van der Waals surface area contributed by atoms with Gasteiger partial charge in [0.2, 0.25) is 0 Å². The second kappa shape index (κ2) is 19.7. The minimum atomic E-state index is -1.28. The van der Waals surface area contributed by atoms with E-state index in [-0.39, 0.29) is 44.2 Å². The predicted octanol–water partition coefficient (Wildman–Crippen LogP) is 1.36. The number of hydrogen-bond acceptors (Lipinski definition) is 15. The molecule has 0 aromatic carbocycles. The van der Waals surface area contributed by atoms with Gasteiger partial charge in [0.25, 0.3) is 0 Å². The SMILES string of the molecule is CC[C@H]1OC(=O)C[C@@H](O)[C@H](C)[C@@H](O[C@@H]2O[C@H](C)[C@@H](O)C(N(C)C)C2O)[C@@H](CCO)C[C@@H](C)C(=O)/C=C/C(C)=C/[C@@H]1CO[C@@H]1OC(C)C2(O)[C@H](OC)[C@@H]2C1OC. The molecular formula is C40H67NO14. The summed E-state index contributed by atoms with van der Waals surface area (Å²) in [5.74, 6) is -3.41. The maximum Gasteiger partial charge on any atom is 0.308 e. The van der Waals surface area contributed by atoms with Crippen LogP contribution < -0.4 is 0 Å². The fourth-order valence-corrected chi connectivity index (χ4v) is 8.82. The number of ketones is 1. The molecule has 1 saturated carbocycles. The van der Waals surface area contributed by atoms with Crippen LogP contribution in [0.15, 0.2) is 23.8 Å². The van der Waals surface area contributed by atoms with Crippen LogP contribution in [0.4, 0.5) is 0 Å². The summed E-state index contributed by atoms with van der Waals surface area (Å²) in [6, 6.07) is -0.719. The second-order valence-corrected chi connectivity index (χ2v) is 16.3. The molecule has 15 nitrogen and oxygen atoms in total. The molecule has 0 radical (unpaired) electrons. The number of nitrogens with zero attached hydrogens (tertiary/aromatic N) is 1. The summed E-state index contributed by atoms with van der Waals surface area (Å²) in [4.78, 5) is 28.9. The van der Waals surface area contributed by atoms with Crippen LogP contribution in [-0.2, 0) is 42.7 Å². The number of esters is 1. The van der Waals surface area contributed by atoms with Crippen LogP contribution in [0, 0.1) is 29.6 Å². The van der Waals surface area contributed by atoms with Crippen LogP contribution in [0.5, 0.6) is 0 Å². The Labute approximate surface area is 325 Å². The molecule has 3 fully saturated rings. The number of methoxy groups -OCH3 is 2. The first kappa shape index (κ1) is 45.8. The molecule has 3 aliphatic heterocycles. The first-order valence-corrected chi connectivity index (χ1v) is 19.7. The number of hydrogen-bond donors (Lipinski definition) is 5. The summed E-state index contributed by atoms with van der Waals surface area (Å²) in [6.07, 6.45) is -3.97. The molecule has 4 aliphatic rings. The topological polar surface area (TPSA) is 203 Å². The largest absolute Gasteiger partial charge is 0.462 e. The van der Waals surface area contributed by atoms with E-state index in [9.17, 15) is 35.1 Å². The van der Waals surface area contributed by atoms with Crippen molar-refractivity contribution in [1.29, 1.82) is 0 Å². The molecule has 2 saturated heterocycles. The van der Waals surface area contributed by atoms with Gasteiger partial charge < -0.3 is 63.6 Å². The molecule has 3 heterocycles. The molecule has 0 spiro atoms. The maximum atomic E-state index is 13.6. The average Bonchev–Trinajstić information content (AvgIpc) is 3.76. The summed E-state index contributed by atoms with van der Waals surface area (Å²) in [7, 11) is 6.51. The van der Waals surface area contributed by atoms with Crippen LogP contribution in [0.1, 0.15) is 67.2 Å². The third kappa shape index (κ3) is 10.2. The number of fused-ring (bicyclic) bond motifs is 1. The van der Waals surface area contributed by atoms with Gasteiger partial charge >= 0.3 is 5.97 Å². The van der Waals surface area contributed by atoms with Gasteiger partial charge in [-0.05, 0) is 66.1 Å². The zero-order valence-corrected chi connectivity index (χ0v) is 34.1. The molecule has 316 valence electrons. The number of allylic oxidation sites excluding steroid dienone is 3. The zero-order chi connectivity index (χ0) is 40.9. The van der Waals surface area contributed by atoms with Gasteiger partial charge in [0.1, 0.15) is 23.9 Å². The van der Waals surface area contributed by atoms with Crippen molar-refractivity contribution < 1.29 is 68.3 Å². The average molecular weight is 786 g/mol. The lowest BCUT2D eigenvalue weighted by Crippen LogP contribution is -2.63. The molecule has 0 aromatic heterocycles. The number of carbonyl (C=O) groups excluding carboxylic acids is 2. The number of aliphatic hydroxyl groups is 5. The maximum absolute atomic E-state index is 13.6. The van der Waals surface area contributed by atoms with E-state index in [0.717, 1.165) is 5.57 Å². The highest BCUT2D eigenvalue weighted by molar-refractivity contribution is 5.91. The number of ether oxygens (including phenoxy) is 7. The lowest BCUT2D eigenvalue weighted by molar-refractivity contribution is -0.304. The minimum absolute atomic E-state index is 0.0455. The zero-order valence-electron chi connectivity index (χ0n) is 34.1. The van der Waals surface area contributed by atoms with E-state index >= 15 is 0 Å². The Bertz CT molecular complexity index is 1330. The van der Waals surface area contributed by atoms with E-state index < -0.39 is 109 Å². The molecule has 55 heavy (non-hydrogen) atoms. The van der Waals surface area contributed by atoms with Crippen molar-refractivity contribution in [1.82, 2.24) is 4.90 Å². The fourth-order valence-electron chi connectivity index (χ4n) is 8.82. The number of likely N-dealkylation sites (N-methyl/N-ethyl adjacent to an activating group) is 1. The van der Waals surface area contributed by atoms with Gasteiger partial charge in [0.15, 0.2) is 18.4 Å². The molecule has 1 aliphatic carbocycles. The molecule has 0 aromatic rings. The first-order chi connectivity index (χ1) is 25.9. The van der Waals surface area contributed by atoms with Gasteiger partial charge in [-0.2, -0.15) is 0 Å². The number of rotatable bonds is 11. The van der Waals surface area contributed by atoms with E-state index in [1.807, 2.05) is 19.9 Å². The summed E-state index contributed by atoms with van der Waals surface area (Å²) in [5, 5.41) is 55.0. The van der Waals surface area contributed by atoms with Crippen LogP contribution in [-0.4, -0.2) is 163 Å². The Hall–Kier alpha value is -1.86. The van der Waals surface area contributed by atoms with Gasteiger partial charge in [0, 0.05) is 38.6 Å². The van der Waals surface area contributed by atoms with E-state index in [0.29, 0.717) is 6.42 Å². The summed E-state index contributed by atoms with van der Waals surface area (Å²) >= 11 is 0. The van der Waals surface area contributed by atoms with Crippen molar-refractivity contribution in [3.8, 4) is 0 Å². The van der Waals surface area contributed by atoms with Crippen LogP contribution in [0.3, 0.4) is 0 Å². The Balaban J connectivity index is 1.62. The molecule has 18 atom stereocenters. The number of carbonyl (C=O) groups is 2. The Kier molecular flexibility index (Phi) is 16.4. The highest BCUT2D eigenvalue weighted by Crippen LogP contribution is 2.56. The van der Waals surface area contributed by atoms with Gasteiger partial charge in [-0.1, -0.05) is 38.5 Å². The summed E-state index contributed by atoms with van der Waals surface area (Å²) < 4.78 is 42.1. The van der Waals surface area contributed by atoms with Crippen LogP contribution in [0.25, 0.3) is 0 Å². The van der Waals surface area contributed by atoms with E-state index in [4.69, 9.17) is 33.2 Å². The molecule has 0 amide bonds. The predicted molar refractivity (Wildman–Crippen MR) is 199 cm³/mol. The van der Waals surface area contributed by atoms with Crippen molar-refractivity contribution in [3.05, 3.63) is 23.8 Å². The van der Waals surface area contributed by atoms with Crippen LogP contribution in [0.2, 0.25) is 0 Å². The van der Waals surface area contributed by atoms with E-state index in [2.05, 4.69) is 0 Å². The summed E-state index contributed by atoms with van der Waals surface area (Å²) in [6.45, 7) is 10.5. The van der Waals surface area contributed by atoms with Crippen molar-refractivity contribution in [3.63, 3.8) is 0 Å². The standard InChI is InChI=1S/C40H67NO14/c1-11-29-26(19-51-39-36(49-9)31-37(50-10)40(31,48)24(6)53-39)16-20(2)12-13-27(43)21(3)17-25(14-15-42)35(22(4)28(44)18-30(45)54-29)55-38-34(47)32(41(7)8)33(46)23(5)52-38/h12-13,16,21-26,28-29,31-39,42,44,46-48H,11,14-15,17-19H2,1-10H3/b13-12+,20-16+/t21-,22+,23-,24?,25+,26-,28-,29-,31+,32?,33-,34?,35-,36?,37-,38+,39-,40?/m1/s1. The van der Waals surface area contributed by atoms with Crippen molar-refractivity contribution in [2.24, 2.45) is 29.6 Å². The lowest BCUT2D eigenvalue weighted by Gasteiger charge is -2.46. The fraction of sp³-hybridized carbons (Fsp3) is 0.850. The highest BCUT2D eigenvalue weighted by Gasteiger charge is 2.75. The first-order valence-electron chi connectivity index (χ1n) is 19.7. The Morgan fingerprint density at radius 1 is 0.964 bits per heavy atom. The third-order valence-corrected chi connectivity index (χ3v) is 12.3. The van der Waals surface area contributed by atoms with Crippen LogP contribution >= 0.6 is 0 Å². The molecule has 5 unspecified atom stereocenters. The number of cyclic esters (lactones) is 1. The van der Waals surface area contributed by atoms with Crippen molar-refractivity contribution >= 4 is 11.8 Å². The monoisotopic (exact) mass is 785 g/mol. The van der Waals surface area contributed by atoms with Gasteiger partial charge in [-0.3, -0.25) is 9.59 Å². The number of aliphatic hydroxyl groups excluding tert-OH is 4. The minimum Gasteiger partial charge on any atom is -0.462 e. The summed E-state index contributed by atoms with van der Waals surface area (Å²) in [5.41, 5.74) is -0.465. The van der Waals surface area contributed by atoms with Gasteiger partial charge in [0.05, 0.1) is 61.6 Å². The molecule has 0 bridgehead atoms. The Morgan fingerprint density at radius 2 is 1.65 bits per heavy atom. The molecular weight excluding hydrogens is 718 g/mol. The van der Waals surface area contributed by atoms with E-state index in [1.54, 1.807) is 52.8 Å². The van der Waals surface area contributed by atoms with Gasteiger partial charge in [-0.15, -0.1) is 0 Å². The van der Waals surface area contributed by atoms with Crippen molar-refractivity contribution in [2.75, 3.05) is 41.5 Å². The molecule has 5 N–H and O–H groups in total. The van der Waals surface area contributed by atoms with Crippen molar-refractivity contribution in [2.45, 2.75) is 146 Å². The van der Waals surface area contributed by atoms with Gasteiger partial charge in [-0.25, -0.2) is 0 Å².